The number of thiazole rings is 1. The van der Waals surface area contributed by atoms with Gasteiger partial charge in [-0.1, -0.05) is 18.5 Å². The second-order valence-corrected chi connectivity index (χ2v) is 5.84. The fourth-order valence-corrected chi connectivity index (χ4v) is 3.70. The topological polar surface area (TPSA) is 77.7 Å². The lowest BCUT2D eigenvalue weighted by molar-refractivity contribution is -0.728. The van der Waals surface area contributed by atoms with E-state index in [9.17, 15) is 10.0 Å². The third-order valence-electron chi connectivity index (χ3n) is 3.50. The van der Waals surface area contributed by atoms with E-state index < -0.39 is 11.0 Å². The average Bonchev–Trinajstić information content (AvgIpc) is 2.88. The molecule has 7 heteroatoms. The lowest BCUT2D eigenvalue weighted by atomic mass is 9.90. The normalized spacial score (nSPS) is 21.6. The van der Waals surface area contributed by atoms with E-state index in [2.05, 4.69) is 4.98 Å². The summed E-state index contributed by atoms with van der Waals surface area (Å²) in [6, 6.07) is 1.70. The molecular weight excluding hydrogens is 300 g/mol. The predicted molar refractivity (Wildman–Crippen MR) is 77.4 cm³/mol. The number of hydrogen-bond donors (Lipinski definition) is 2. The van der Waals surface area contributed by atoms with Gasteiger partial charge in [0.2, 0.25) is 5.70 Å². The molecule has 1 aliphatic heterocycles. The molecule has 20 heavy (non-hydrogen) atoms. The number of hydrogen-bond acceptors (Lipinski definition) is 4. The maximum atomic E-state index is 12.3. The Morgan fingerprint density at radius 1 is 1.65 bits per heavy atom. The molecule has 2 heterocycles. The van der Waals surface area contributed by atoms with Gasteiger partial charge in [0.1, 0.15) is 11.2 Å². The predicted octanol–water partition coefficient (Wildman–Crippen LogP) is 2.44. The largest absolute Gasteiger partial charge is 0.623 e. The highest BCUT2D eigenvalue weighted by molar-refractivity contribution is 7.16. The van der Waals surface area contributed by atoms with E-state index in [0.29, 0.717) is 28.2 Å². The minimum Gasteiger partial charge on any atom is -0.623 e. The molecule has 1 aromatic carbocycles. The van der Waals surface area contributed by atoms with Crippen LogP contribution in [0.2, 0.25) is 5.02 Å². The van der Waals surface area contributed by atoms with E-state index in [0.717, 1.165) is 4.70 Å². The number of halogens is 1. The van der Waals surface area contributed by atoms with Crippen molar-refractivity contribution in [1.29, 1.82) is 0 Å². The van der Waals surface area contributed by atoms with Gasteiger partial charge in [-0.2, -0.15) is 0 Å². The number of carbonyl (C=O) groups is 1. The first-order chi connectivity index (χ1) is 9.54. The molecule has 2 N–H and O–H groups in total. The van der Waals surface area contributed by atoms with Crippen molar-refractivity contribution in [3.8, 4) is 0 Å². The molecule has 2 atom stereocenters. The first kappa shape index (κ1) is 13.5. The zero-order valence-electron chi connectivity index (χ0n) is 10.5. The van der Waals surface area contributed by atoms with Crippen molar-refractivity contribution < 1.29 is 15.0 Å². The van der Waals surface area contributed by atoms with Crippen LogP contribution in [0.15, 0.2) is 23.3 Å². The van der Waals surface area contributed by atoms with E-state index in [1.165, 1.54) is 17.4 Å². The number of aliphatic carboxylic acids is 1. The van der Waals surface area contributed by atoms with Crippen LogP contribution in [0, 0.1) is 5.21 Å². The Hall–Kier alpha value is -1.47. The molecule has 104 valence electrons. The highest BCUT2D eigenvalue weighted by Gasteiger charge is 2.33. The highest BCUT2D eigenvalue weighted by Crippen LogP contribution is 2.41. The third-order valence-corrected chi connectivity index (χ3v) is 4.66. The standard InChI is InChI=1S/C13H11ClN2O3S/c1-2-6-3-8(13(17)18)16(19)7-4-9-12(15-5-20-9)11(14)10(6)7/h3-6,16H,2H2,1H3,(H,17,18). The Labute approximate surface area is 123 Å². The number of benzene rings is 1. The first-order valence-electron chi connectivity index (χ1n) is 6.10. The summed E-state index contributed by atoms with van der Waals surface area (Å²) in [5.74, 6) is -1.37. The zero-order valence-corrected chi connectivity index (χ0v) is 12.1. The van der Waals surface area contributed by atoms with E-state index in [4.69, 9.17) is 16.7 Å². The molecule has 0 radical (unpaired) electrons. The number of fused-ring (bicyclic) bond motifs is 2. The molecule has 0 bridgehead atoms. The van der Waals surface area contributed by atoms with Gasteiger partial charge in [-0.3, -0.25) is 0 Å². The van der Waals surface area contributed by atoms with E-state index in [-0.39, 0.29) is 11.6 Å². The van der Waals surface area contributed by atoms with Crippen LogP contribution in [0.5, 0.6) is 0 Å². The van der Waals surface area contributed by atoms with Crippen LogP contribution in [-0.4, -0.2) is 16.1 Å². The van der Waals surface area contributed by atoms with Crippen LogP contribution in [0.3, 0.4) is 0 Å². The molecule has 2 aromatic rings. The van der Waals surface area contributed by atoms with Crippen LogP contribution in [0.1, 0.15) is 24.8 Å². The average molecular weight is 311 g/mol. The monoisotopic (exact) mass is 310 g/mol. The second kappa shape index (κ2) is 4.82. The SMILES string of the molecule is CCC1C=C(C(=O)O)[NH+]([O-])c2cc3scnc3c(Cl)c21. The van der Waals surface area contributed by atoms with Crippen molar-refractivity contribution in [2.75, 3.05) is 0 Å². The summed E-state index contributed by atoms with van der Waals surface area (Å²) in [5.41, 5.74) is 3.25. The number of rotatable bonds is 2. The molecule has 0 amide bonds. The molecular formula is C13H11ClN2O3S. The summed E-state index contributed by atoms with van der Waals surface area (Å²) in [5, 5.41) is 21.5. The van der Waals surface area contributed by atoms with Crippen LogP contribution in [0.25, 0.3) is 10.2 Å². The first-order valence-corrected chi connectivity index (χ1v) is 7.35. The number of nitrogens with zero attached hydrogens (tertiary/aromatic N) is 1. The quantitative estimate of drug-likeness (QED) is 0.835. The van der Waals surface area contributed by atoms with Crippen molar-refractivity contribution in [1.82, 2.24) is 4.98 Å². The zero-order chi connectivity index (χ0) is 14.4. The maximum absolute atomic E-state index is 12.3. The van der Waals surface area contributed by atoms with Crippen molar-refractivity contribution in [2.45, 2.75) is 19.3 Å². The Morgan fingerprint density at radius 2 is 2.40 bits per heavy atom. The van der Waals surface area contributed by atoms with Crippen molar-refractivity contribution in [2.24, 2.45) is 0 Å². The summed E-state index contributed by atoms with van der Waals surface area (Å²) in [7, 11) is 0. The fourth-order valence-electron chi connectivity index (χ4n) is 2.52. The Balaban J connectivity index is 2.31. The van der Waals surface area contributed by atoms with Gasteiger partial charge in [0.05, 0.1) is 15.2 Å². The smallest absolute Gasteiger partial charge is 0.390 e. The molecule has 2 unspecified atom stereocenters. The van der Waals surface area contributed by atoms with Crippen LogP contribution >= 0.6 is 22.9 Å². The lowest BCUT2D eigenvalue weighted by Crippen LogP contribution is -3.01. The minimum atomic E-state index is -1.19. The fraction of sp³-hybridized carbons (Fsp3) is 0.231. The Morgan fingerprint density at radius 3 is 3.05 bits per heavy atom. The van der Waals surface area contributed by atoms with Gasteiger partial charge in [-0.25, -0.2) is 9.78 Å². The van der Waals surface area contributed by atoms with Gasteiger partial charge < -0.3 is 15.4 Å². The van der Waals surface area contributed by atoms with E-state index in [1.807, 2.05) is 6.92 Å². The third kappa shape index (κ3) is 1.84. The molecule has 1 aliphatic rings. The summed E-state index contributed by atoms with van der Waals surface area (Å²) in [4.78, 5) is 15.4. The number of aromatic nitrogens is 1. The summed E-state index contributed by atoms with van der Waals surface area (Å²) in [6.45, 7) is 1.93. The Bertz CT molecular complexity index is 741. The molecule has 1 aromatic heterocycles. The van der Waals surface area contributed by atoms with Gasteiger partial charge in [-0.05, 0) is 12.5 Å². The minimum absolute atomic E-state index is 0.174. The maximum Gasteiger partial charge on any atom is 0.390 e. The van der Waals surface area contributed by atoms with Crippen molar-refractivity contribution in [3.63, 3.8) is 0 Å². The summed E-state index contributed by atoms with van der Waals surface area (Å²) < 4.78 is 0.795. The van der Waals surface area contributed by atoms with Gasteiger partial charge in [0, 0.05) is 17.5 Å². The number of hydroxylamine groups is 1. The molecule has 0 saturated heterocycles. The van der Waals surface area contributed by atoms with Gasteiger partial charge in [0.15, 0.2) is 0 Å². The van der Waals surface area contributed by atoms with E-state index in [1.54, 1.807) is 11.6 Å². The van der Waals surface area contributed by atoms with Crippen LogP contribution in [-0.2, 0) is 4.79 Å². The van der Waals surface area contributed by atoms with Gasteiger partial charge in [0.25, 0.3) is 0 Å². The molecule has 5 nitrogen and oxygen atoms in total. The van der Waals surface area contributed by atoms with Gasteiger partial charge >= 0.3 is 5.97 Å². The Kier molecular flexibility index (Phi) is 3.25. The van der Waals surface area contributed by atoms with Crippen LogP contribution in [0.4, 0.5) is 5.69 Å². The number of quaternary nitrogens is 1. The summed E-state index contributed by atoms with van der Waals surface area (Å²) in [6.07, 6.45) is 2.17. The number of nitrogens with one attached hydrogen (secondary N) is 1. The second-order valence-electron chi connectivity index (χ2n) is 4.58. The van der Waals surface area contributed by atoms with Crippen molar-refractivity contribution >= 4 is 44.8 Å². The molecule has 3 rings (SSSR count). The lowest BCUT2D eigenvalue weighted by Gasteiger charge is -2.31. The van der Waals surface area contributed by atoms with Crippen LogP contribution < -0.4 is 5.06 Å². The highest BCUT2D eigenvalue weighted by atomic mass is 35.5. The summed E-state index contributed by atoms with van der Waals surface area (Å²) >= 11 is 7.76. The molecule has 0 aliphatic carbocycles. The number of allylic oxidation sites excluding steroid dienone is 1. The molecule has 0 spiro atoms. The number of carboxylic acid groups (broad SMARTS) is 1. The number of carboxylic acids is 1. The van der Waals surface area contributed by atoms with Crippen molar-refractivity contribution in [3.05, 3.63) is 39.1 Å². The molecule has 0 fully saturated rings. The van der Waals surface area contributed by atoms with Gasteiger partial charge in [-0.15, -0.1) is 11.3 Å². The molecule has 0 saturated carbocycles. The van der Waals surface area contributed by atoms with E-state index >= 15 is 0 Å².